The molecule has 0 radical (unpaired) electrons. The van der Waals surface area contributed by atoms with Crippen LogP contribution in [0.5, 0.6) is 0 Å². The van der Waals surface area contributed by atoms with Crippen LogP contribution < -0.4 is 4.72 Å². The van der Waals surface area contributed by atoms with Gasteiger partial charge in [0.2, 0.25) is 10.0 Å². The molecule has 1 aromatic carbocycles. The van der Waals surface area contributed by atoms with E-state index in [1.165, 1.54) is 16.9 Å². The zero-order valence-corrected chi connectivity index (χ0v) is 19.3. The van der Waals surface area contributed by atoms with Gasteiger partial charge < -0.3 is 0 Å². The van der Waals surface area contributed by atoms with Crippen molar-refractivity contribution in [3.05, 3.63) is 57.9 Å². The van der Waals surface area contributed by atoms with Crippen LogP contribution >= 0.6 is 22.7 Å². The maximum absolute atomic E-state index is 12.7. The summed E-state index contributed by atoms with van der Waals surface area (Å²) in [6.07, 6.45) is 0. The summed E-state index contributed by atoms with van der Waals surface area (Å²) in [4.78, 5) is 4.67. The van der Waals surface area contributed by atoms with Crippen molar-refractivity contribution in [1.29, 1.82) is 0 Å². The minimum atomic E-state index is -3.55. The van der Waals surface area contributed by atoms with Crippen LogP contribution in [0.1, 0.15) is 57.4 Å². The van der Waals surface area contributed by atoms with E-state index in [2.05, 4.69) is 44.3 Å². The predicted octanol–water partition coefficient (Wildman–Crippen LogP) is 5.77. The van der Waals surface area contributed by atoms with Crippen molar-refractivity contribution in [2.45, 2.75) is 56.7 Å². The van der Waals surface area contributed by atoms with Crippen LogP contribution in [-0.2, 0) is 22.0 Å². The van der Waals surface area contributed by atoms with Gasteiger partial charge in [-0.1, -0.05) is 58.9 Å². The topological polar surface area (TPSA) is 59.1 Å². The van der Waals surface area contributed by atoms with E-state index in [4.69, 9.17) is 0 Å². The molecule has 0 spiro atoms. The Morgan fingerprint density at radius 2 is 1.75 bits per heavy atom. The Balaban J connectivity index is 1.72. The van der Waals surface area contributed by atoms with Crippen molar-refractivity contribution in [3.63, 3.8) is 0 Å². The van der Waals surface area contributed by atoms with Crippen molar-refractivity contribution in [2.75, 3.05) is 0 Å². The van der Waals surface area contributed by atoms with E-state index in [0.717, 1.165) is 21.8 Å². The third-order valence-corrected chi connectivity index (χ3v) is 8.20. The molecule has 0 aliphatic heterocycles. The first-order valence-corrected chi connectivity index (χ1v) is 12.4. The molecular weight excluding hydrogens is 408 g/mol. The fourth-order valence-electron chi connectivity index (χ4n) is 2.59. The maximum Gasteiger partial charge on any atom is 0.250 e. The van der Waals surface area contributed by atoms with Crippen molar-refractivity contribution < 1.29 is 8.42 Å². The molecule has 3 rings (SSSR count). The number of rotatable bonds is 6. The lowest BCUT2D eigenvalue weighted by Crippen LogP contribution is -2.22. The highest BCUT2D eigenvalue weighted by Gasteiger charge is 2.21. The second kappa shape index (κ2) is 8.06. The summed E-state index contributed by atoms with van der Waals surface area (Å²) in [7, 11) is -3.55. The quantitative estimate of drug-likeness (QED) is 0.536. The van der Waals surface area contributed by atoms with Gasteiger partial charge in [0.1, 0.15) is 9.22 Å². The van der Waals surface area contributed by atoms with Crippen molar-refractivity contribution >= 4 is 32.7 Å². The van der Waals surface area contributed by atoms with Gasteiger partial charge in [-0.25, -0.2) is 18.1 Å². The summed E-state index contributed by atoms with van der Waals surface area (Å²) in [6.45, 7) is 10.9. The first kappa shape index (κ1) is 21.2. The number of benzene rings is 1. The molecule has 0 aliphatic rings. The van der Waals surface area contributed by atoms with Crippen molar-refractivity contribution in [2.24, 2.45) is 0 Å². The van der Waals surface area contributed by atoms with Gasteiger partial charge in [-0.05, 0) is 23.1 Å². The van der Waals surface area contributed by atoms with Crippen LogP contribution in [0.15, 0.2) is 45.3 Å². The van der Waals surface area contributed by atoms with Crippen LogP contribution in [0, 0.1) is 0 Å². The van der Waals surface area contributed by atoms with E-state index < -0.39 is 10.0 Å². The van der Waals surface area contributed by atoms with Crippen LogP contribution in [0.4, 0.5) is 0 Å². The van der Waals surface area contributed by atoms with Gasteiger partial charge in [-0.15, -0.1) is 22.7 Å². The summed E-state index contributed by atoms with van der Waals surface area (Å²) in [5.74, 6) is 0.458. The highest BCUT2D eigenvalue weighted by Crippen LogP contribution is 2.33. The molecule has 0 unspecified atom stereocenters. The first-order chi connectivity index (χ1) is 13.1. The Morgan fingerprint density at radius 3 is 2.32 bits per heavy atom. The lowest BCUT2D eigenvalue weighted by atomic mass is 9.93. The van der Waals surface area contributed by atoms with Gasteiger partial charge >= 0.3 is 0 Å². The van der Waals surface area contributed by atoms with E-state index in [1.54, 1.807) is 17.4 Å². The highest BCUT2D eigenvalue weighted by molar-refractivity contribution is 7.91. The molecule has 2 aromatic heterocycles. The molecule has 0 atom stereocenters. The molecule has 28 heavy (non-hydrogen) atoms. The monoisotopic (exact) mass is 434 g/mol. The molecule has 0 saturated heterocycles. The number of nitrogens with one attached hydrogen (secondary N) is 1. The Hall–Kier alpha value is -1.54. The number of thiazole rings is 1. The van der Waals surface area contributed by atoms with E-state index in [0.29, 0.717) is 10.1 Å². The molecule has 1 N–H and O–H groups in total. The van der Waals surface area contributed by atoms with Gasteiger partial charge in [-0.3, -0.25) is 0 Å². The average Bonchev–Trinajstić information content (AvgIpc) is 3.29. The lowest BCUT2D eigenvalue weighted by Gasteiger charge is -2.14. The smallest absolute Gasteiger partial charge is 0.241 e. The molecule has 0 aliphatic carbocycles. The van der Waals surface area contributed by atoms with Gasteiger partial charge in [-0.2, -0.15) is 0 Å². The molecule has 0 fully saturated rings. The fourth-order valence-corrected chi connectivity index (χ4v) is 5.93. The average molecular weight is 435 g/mol. The molecule has 2 heterocycles. The van der Waals surface area contributed by atoms with Gasteiger partial charge in [0, 0.05) is 28.3 Å². The van der Waals surface area contributed by atoms with Crippen LogP contribution in [0.3, 0.4) is 0 Å². The summed E-state index contributed by atoms with van der Waals surface area (Å²) in [5, 5.41) is 4.75. The predicted molar refractivity (Wildman–Crippen MR) is 119 cm³/mol. The highest BCUT2D eigenvalue weighted by atomic mass is 32.2. The fraction of sp³-hybridized carbons (Fsp3) is 0.381. The van der Waals surface area contributed by atoms with Crippen molar-refractivity contribution in [1.82, 2.24) is 9.71 Å². The molecule has 0 saturated carbocycles. The zero-order chi connectivity index (χ0) is 20.5. The second-order valence-electron chi connectivity index (χ2n) is 8.16. The molecule has 7 heteroatoms. The summed E-state index contributed by atoms with van der Waals surface area (Å²) >= 11 is 2.77. The van der Waals surface area contributed by atoms with Crippen molar-refractivity contribution in [3.8, 4) is 10.6 Å². The van der Waals surface area contributed by atoms with E-state index in [9.17, 15) is 8.42 Å². The normalized spacial score (nSPS) is 12.6. The first-order valence-electron chi connectivity index (χ1n) is 9.19. The standard InChI is InChI=1S/C21H26N2O2S3/c1-14(2)16-8-6-15(7-9-16)11-22-28(24,25)19-10-17(12-26-19)20-23-18(13-27-20)21(3,4)5/h6-10,12-14,22H,11H2,1-5H3. The van der Waals surface area contributed by atoms with Gasteiger partial charge in [0.15, 0.2) is 0 Å². The molecule has 3 aromatic rings. The number of sulfonamides is 1. The SMILES string of the molecule is CC(C)c1ccc(CNS(=O)(=O)c2cc(-c3nc(C(C)(C)C)cs3)cs2)cc1. The Bertz CT molecular complexity index is 1040. The molecule has 0 bridgehead atoms. The van der Waals surface area contributed by atoms with Crippen LogP contribution in [0.2, 0.25) is 0 Å². The summed E-state index contributed by atoms with van der Waals surface area (Å²) in [6, 6.07) is 9.75. The van der Waals surface area contributed by atoms with E-state index in [1.807, 2.05) is 35.0 Å². The minimum absolute atomic E-state index is 0.0215. The number of nitrogens with zero attached hydrogens (tertiary/aromatic N) is 1. The Kier molecular flexibility index (Phi) is 6.10. The van der Waals surface area contributed by atoms with E-state index >= 15 is 0 Å². The third-order valence-electron chi connectivity index (χ3n) is 4.47. The molecular formula is C21H26N2O2S3. The number of thiophene rings is 1. The number of hydrogen-bond acceptors (Lipinski definition) is 5. The van der Waals surface area contributed by atoms with Gasteiger partial charge in [0.05, 0.1) is 5.69 Å². The Morgan fingerprint density at radius 1 is 1.07 bits per heavy atom. The molecule has 4 nitrogen and oxygen atoms in total. The van der Waals surface area contributed by atoms with Crippen LogP contribution in [0.25, 0.3) is 10.6 Å². The number of hydrogen-bond donors (Lipinski definition) is 1. The zero-order valence-electron chi connectivity index (χ0n) is 16.8. The van der Waals surface area contributed by atoms with E-state index in [-0.39, 0.29) is 12.0 Å². The molecule has 150 valence electrons. The summed E-state index contributed by atoms with van der Waals surface area (Å²) < 4.78 is 28.4. The van der Waals surface area contributed by atoms with Crippen LogP contribution in [-0.4, -0.2) is 13.4 Å². The summed E-state index contributed by atoms with van der Waals surface area (Å²) in [5.41, 5.74) is 4.04. The molecule has 0 amide bonds. The lowest BCUT2D eigenvalue weighted by molar-refractivity contribution is 0.573. The third kappa shape index (κ3) is 4.89. The van der Waals surface area contributed by atoms with Gasteiger partial charge in [0.25, 0.3) is 0 Å². The number of aromatic nitrogens is 1. The minimum Gasteiger partial charge on any atom is -0.241 e. The largest absolute Gasteiger partial charge is 0.250 e. The Labute approximate surface area is 175 Å². The second-order valence-corrected chi connectivity index (χ2v) is 11.9. The maximum atomic E-state index is 12.7.